The van der Waals surface area contributed by atoms with Gasteiger partial charge in [-0.05, 0) is 49.7 Å². The van der Waals surface area contributed by atoms with Crippen molar-refractivity contribution < 1.29 is 19.2 Å². The fourth-order valence-electron chi connectivity index (χ4n) is 2.85. The summed E-state index contributed by atoms with van der Waals surface area (Å²) in [6, 6.07) is 15.4. The van der Waals surface area contributed by atoms with Crippen LogP contribution in [0.1, 0.15) is 18.1 Å². The van der Waals surface area contributed by atoms with Crippen LogP contribution in [0.2, 0.25) is 10.0 Å². The minimum Gasteiger partial charge on any atom is -0.477 e. The van der Waals surface area contributed by atoms with Crippen LogP contribution in [0, 0.1) is 17.0 Å². The molecule has 0 saturated heterocycles. The summed E-state index contributed by atoms with van der Waals surface area (Å²) in [5, 5.41) is 13.7. The number of anilines is 1. The van der Waals surface area contributed by atoms with Gasteiger partial charge in [0.15, 0.2) is 0 Å². The van der Waals surface area contributed by atoms with Gasteiger partial charge in [-0.1, -0.05) is 41.4 Å². The van der Waals surface area contributed by atoms with Crippen LogP contribution in [0.3, 0.4) is 0 Å². The summed E-state index contributed by atoms with van der Waals surface area (Å²) in [4.78, 5) is 26.8. The first-order valence-electron chi connectivity index (χ1n) is 9.78. The number of amides is 2. The predicted octanol–water partition coefficient (Wildman–Crippen LogP) is 7.02. The summed E-state index contributed by atoms with van der Waals surface area (Å²) >= 11 is 12.2. The molecule has 170 valence electrons. The number of carbonyl (C=O) groups excluding carboxylic acids is 1. The van der Waals surface area contributed by atoms with E-state index >= 15 is 0 Å². The molecule has 3 aromatic carbocycles. The molecule has 0 aliphatic carbocycles. The Morgan fingerprint density at radius 3 is 2.48 bits per heavy atom. The number of carbonyl (C=O) groups is 1. The summed E-state index contributed by atoms with van der Waals surface area (Å²) in [6.07, 6.45) is 0. The van der Waals surface area contributed by atoms with Gasteiger partial charge in [-0.3, -0.25) is 10.1 Å². The maximum Gasteiger partial charge on any atom is 0.348 e. The molecule has 0 aromatic heterocycles. The second kappa shape index (κ2) is 10.8. The van der Waals surface area contributed by atoms with E-state index in [9.17, 15) is 14.9 Å². The average Bonchev–Trinajstić information content (AvgIpc) is 2.75. The first-order chi connectivity index (χ1) is 15.8. The Bertz CT molecular complexity index is 1230. The second-order valence-corrected chi connectivity index (χ2v) is 7.53. The molecule has 3 rings (SSSR count). The number of nitrogens with one attached hydrogen (secondary N) is 1. The lowest BCUT2D eigenvalue weighted by molar-refractivity contribution is -0.384. The molecule has 8 nitrogen and oxygen atoms in total. The van der Waals surface area contributed by atoms with E-state index in [1.807, 2.05) is 38.1 Å². The number of aryl methyl sites for hydroxylation is 1. The molecule has 3 aromatic rings. The number of nitro benzene ring substituents is 1. The van der Waals surface area contributed by atoms with Crippen LogP contribution in [0.5, 0.6) is 11.5 Å². The summed E-state index contributed by atoms with van der Waals surface area (Å²) in [5.41, 5.74) is 1.81. The first kappa shape index (κ1) is 24.0. The van der Waals surface area contributed by atoms with Crippen molar-refractivity contribution in [2.24, 2.45) is 4.99 Å². The maximum atomic E-state index is 12.5. The van der Waals surface area contributed by atoms with Crippen molar-refractivity contribution in [1.29, 1.82) is 0 Å². The predicted molar refractivity (Wildman–Crippen MR) is 128 cm³/mol. The van der Waals surface area contributed by atoms with Gasteiger partial charge in [0, 0.05) is 23.4 Å². The quantitative estimate of drug-likeness (QED) is 0.174. The van der Waals surface area contributed by atoms with Crippen LogP contribution in [-0.4, -0.2) is 23.5 Å². The molecular formula is C23H19Cl2N3O5. The van der Waals surface area contributed by atoms with E-state index < -0.39 is 11.0 Å². The average molecular weight is 488 g/mol. The molecule has 10 heteroatoms. The number of aliphatic imine (C=N–C) groups is 1. The molecule has 0 bridgehead atoms. The van der Waals surface area contributed by atoms with Crippen LogP contribution in [-0.2, 0) is 4.74 Å². The SMILES string of the molecule is CCO/C(=N\C(=O)Nc1ccc(Oc2ccc([N+](=O)[O-])c(Cl)c2)c(Cl)c1)c1ccccc1C. The van der Waals surface area contributed by atoms with Gasteiger partial charge in [-0.2, -0.15) is 4.99 Å². The lowest BCUT2D eigenvalue weighted by Gasteiger charge is -2.11. The third-order valence-electron chi connectivity index (χ3n) is 4.39. The smallest absolute Gasteiger partial charge is 0.348 e. The number of ether oxygens (including phenoxy) is 2. The molecule has 0 aliphatic rings. The Morgan fingerprint density at radius 2 is 1.85 bits per heavy atom. The lowest BCUT2D eigenvalue weighted by atomic mass is 10.1. The first-order valence-corrected chi connectivity index (χ1v) is 10.5. The van der Waals surface area contributed by atoms with Crippen molar-refractivity contribution in [1.82, 2.24) is 0 Å². The van der Waals surface area contributed by atoms with Crippen molar-refractivity contribution in [3.8, 4) is 11.5 Å². The third-order valence-corrected chi connectivity index (χ3v) is 4.98. The molecule has 0 unspecified atom stereocenters. The van der Waals surface area contributed by atoms with Gasteiger partial charge in [-0.15, -0.1) is 0 Å². The molecule has 0 heterocycles. The van der Waals surface area contributed by atoms with E-state index in [0.29, 0.717) is 12.3 Å². The molecule has 0 atom stereocenters. The van der Waals surface area contributed by atoms with Crippen LogP contribution in [0.25, 0.3) is 0 Å². The largest absolute Gasteiger partial charge is 0.477 e. The van der Waals surface area contributed by atoms with Gasteiger partial charge in [0.05, 0.1) is 16.6 Å². The maximum absolute atomic E-state index is 12.5. The number of nitrogens with zero attached hydrogens (tertiary/aromatic N) is 2. The number of rotatable bonds is 6. The number of urea groups is 1. The van der Waals surface area contributed by atoms with E-state index in [-0.39, 0.29) is 33.1 Å². The lowest BCUT2D eigenvalue weighted by Crippen LogP contribution is -2.15. The number of halogens is 2. The minimum absolute atomic E-state index is 0.0610. The highest BCUT2D eigenvalue weighted by Crippen LogP contribution is 2.35. The highest BCUT2D eigenvalue weighted by Gasteiger charge is 2.15. The van der Waals surface area contributed by atoms with E-state index in [0.717, 1.165) is 11.1 Å². The monoisotopic (exact) mass is 487 g/mol. The van der Waals surface area contributed by atoms with E-state index in [4.69, 9.17) is 32.7 Å². The Labute approximate surface area is 199 Å². The van der Waals surface area contributed by atoms with E-state index in [1.54, 1.807) is 12.1 Å². The standard InChI is InChI=1S/C23H19Cl2N3O5/c1-3-32-22(17-7-5-4-6-14(17)2)27-23(29)26-15-8-11-21(19(25)12-15)33-16-9-10-20(28(30)31)18(24)13-16/h4-13H,3H2,1-2H3,(H,26,29)/b27-22-. The van der Waals surface area contributed by atoms with Gasteiger partial charge in [0.25, 0.3) is 5.69 Å². The van der Waals surface area contributed by atoms with Gasteiger partial charge in [0.1, 0.15) is 16.5 Å². The zero-order valence-corrected chi connectivity index (χ0v) is 19.2. The molecule has 0 aliphatic heterocycles. The number of benzene rings is 3. The number of nitro groups is 1. The van der Waals surface area contributed by atoms with Crippen LogP contribution in [0.15, 0.2) is 65.7 Å². The van der Waals surface area contributed by atoms with Crippen molar-refractivity contribution in [3.63, 3.8) is 0 Å². The van der Waals surface area contributed by atoms with Gasteiger partial charge in [0.2, 0.25) is 5.90 Å². The Kier molecular flexibility index (Phi) is 7.87. The normalized spacial score (nSPS) is 11.1. The van der Waals surface area contributed by atoms with E-state index in [2.05, 4.69) is 10.3 Å². The van der Waals surface area contributed by atoms with Gasteiger partial charge >= 0.3 is 6.03 Å². The minimum atomic E-state index is -0.631. The molecule has 33 heavy (non-hydrogen) atoms. The highest BCUT2D eigenvalue weighted by atomic mass is 35.5. The second-order valence-electron chi connectivity index (χ2n) is 6.71. The summed E-state index contributed by atoms with van der Waals surface area (Å²) < 4.78 is 11.2. The van der Waals surface area contributed by atoms with Crippen LogP contribution in [0.4, 0.5) is 16.2 Å². The summed E-state index contributed by atoms with van der Waals surface area (Å²) in [5.74, 6) is 0.765. The number of hydrogen-bond donors (Lipinski definition) is 1. The molecule has 2 amide bonds. The zero-order chi connectivity index (χ0) is 24.0. The molecule has 0 spiro atoms. The van der Waals surface area contributed by atoms with Gasteiger partial charge in [-0.25, -0.2) is 4.79 Å². The van der Waals surface area contributed by atoms with E-state index in [1.165, 1.54) is 24.3 Å². The van der Waals surface area contributed by atoms with Crippen molar-refractivity contribution in [3.05, 3.63) is 92.0 Å². The van der Waals surface area contributed by atoms with Crippen molar-refractivity contribution in [2.75, 3.05) is 11.9 Å². The Hall–Kier alpha value is -3.62. The van der Waals surface area contributed by atoms with Crippen LogP contribution >= 0.6 is 23.2 Å². The van der Waals surface area contributed by atoms with Crippen LogP contribution < -0.4 is 10.1 Å². The molecule has 0 radical (unpaired) electrons. The molecule has 0 fully saturated rings. The topological polar surface area (TPSA) is 103 Å². The highest BCUT2D eigenvalue weighted by molar-refractivity contribution is 6.33. The molecule has 0 saturated carbocycles. The summed E-state index contributed by atoms with van der Waals surface area (Å²) in [7, 11) is 0. The fourth-order valence-corrected chi connectivity index (χ4v) is 3.31. The van der Waals surface area contributed by atoms with Crippen molar-refractivity contribution >= 4 is 46.5 Å². The molecular weight excluding hydrogens is 469 g/mol. The Balaban J connectivity index is 1.75. The fraction of sp³-hybridized carbons (Fsp3) is 0.130. The zero-order valence-electron chi connectivity index (χ0n) is 17.7. The van der Waals surface area contributed by atoms with Gasteiger partial charge < -0.3 is 14.8 Å². The number of hydrogen-bond acceptors (Lipinski definition) is 5. The summed E-state index contributed by atoms with van der Waals surface area (Å²) in [6.45, 7) is 4.06. The Morgan fingerprint density at radius 1 is 1.09 bits per heavy atom. The van der Waals surface area contributed by atoms with Crippen molar-refractivity contribution in [2.45, 2.75) is 13.8 Å². The third kappa shape index (κ3) is 6.21. The molecule has 1 N–H and O–H groups in total.